The van der Waals surface area contributed by atoms with E-state index in [2.05, 4.69) is 25.5 Å². The molecule has 2 rings (SSSR count). The summed E-state index contributed by atoms with van der Waals surface area (Å²) in [7, 11) is 2.04. The van der Waals surface area contributed by atoms with E-state index in [9.17, 15) is 0 Å². The summed E-state index contributed by atoms with van der Waals surface area (Å²) in [4.78, 5) is 4.29. The van der Waals surface area contributed by atoms with Gasteiger partial charge in [-0.3, -0.25) is 0 Å². The minimum Gasteiger partial charge on any atom is -0.329 e. The molecule has 0 N–H and O–H groups in total. The number of nitrogens with zero attached hydrogens (tertiary/aromatic N) is 2. The van der Waals surface area contributed by atoms with Crippen LogP contribution in [-0.4, -0.2) is 20.6 Å². The van der Waals surface area contributed by atoms with Crippen LogP contribution in [0.1, 0.15) is 12.8 Å². The zero-order valence-electron chi connectivity index (χ0n) is 7.66. The molecule has 1 aliphatic carbocycles. The van der Waals surface area contributed by atoms with Gasteiger partial charge in [-0.2, -0.15) is 0 Å². The minimum atomic E-state index is 0.580. The van der Waals surface area contributed by atoms with Gasteiger partial charge >= 0.3 is 0 Å². The summed E-state index contributed by atoms with van der Waals surface area (Å²) in [6, 6.07) is 0. The largest absolute Gasteiger partial charge is 0.329 e. The van der Waals surface area contributed by atoms with Crippen molar-refractivity contribution in [1.29, 1.82) is 0 Å². The van der Waals surface area contributed by atoms with Crippen LogP contribution >= 0.6 is 27.7 Å². The number of thioether (sulfide) groups is 1. The summed E-state index contributed by atoms with van der Waals surface area (Å²) in [5.41, 5.74) is 0.580. The summed E-state index contributed by atoms with van der Waals surface area (Å²) in [6.07, 6.45) is 6.59. The van der Waals surface area contributed by atoms with Crippen LogP contribution in [0.4, 0.5) is 0 Å². The molecule has 72 valence electrons. The van der Waals surface area contributed by atoms with Gasteiger partial charge in [-0.15, -0.1) is 0 Å². The number of aromatic nitrogens is 2. The fraction of sp³-hybridized carbons (Fsp3) is 0.667. The number of alkyl halides is 1. The second-order valence-corrected chi connectivity index (χ2v) is 5.25. The Balaban J connectivity index is 1.90. The second kappa shape index (κ2) is 3.65. The molecule has 0 aliphatic heterocycles. The molecular formula is C9H13BrN2S. The van der Waals surface area contributed by atoms with E-state index in [-0.39, 0.29) is 0 Å². The highest BCUT2D eigenvalue weighted by molar-refractivity contribution is 9.09. The normalized spacial score (nSPS) is 18.9. The number of hydrogen-bond acceptors (Lipinski definition) is 2. The summed E-state index contributed by atoms with van der Waals surface area (Å²) < 4.78 is 2.08. The molecule has 0 spiro atoms. The molecule has 1 aromatic heterocycles. The lowest BCUT2D eigenvalue weighted by Gasteiger charge is -2.09. The molecule has 1 fully saturated rings. The van der Waals surface area contributed by atoms with Crippen molar-refractivity contribution in [2.24, 2.45) is 12.5 Å². The monoisotopic (exact) mass is 260 g/mol. The molecule has 13 heavy (non-hydrogen) atoms. The Morgan fingerprint density at radius 3 is 2.92 bits per heavy atom. The van der Waals surface area contributed by atoms with Gasteiger partial charge in [0.05, 0.1) is 0 Å². The number of aryl methyl sites for hydroxylation is 1. The van der Waals surface area contributed by atoms with E-state index in [1.54, 1.807) is 0 Å². The first-order valence-corrected chi connectivity index (χ1v) is 6.53. The average molecular weight is 261 g/mol. The summed E-state index contributed by atoms with van der Waals surface area (Å²) in [5, 5.41) is 2.27. The Morgan fingerprint density at radius 1 is 1.69 bits per heavy atom. The molecule has 1 aromatic rings. The van der Waals surface area contributed by atoms with E-state index in [1.807, 2.05) is 31.2 Å². The predicted molar refractivity (Wildman–Crippen MR) is 59.4 cm³/mol. The Labute approximate surface area is 91.2 Å². The van der Waals surface area contributed by atoms with Crippen LogP contribution in [0.3, 0.4) is 0 Å². The molecule has 0 saturated heterocycles. The number of imidazole rings is 1. The van der Waals surface area contributed by atoms with Crippen LogP contribution < -0.4 is 0 Å². The molecule has 0 unspecified atom stereocenters. The van der Waals surface area contributed by atoms with E-state index >= 15 is 0 Å². The first-order chi connectivity index (χ1) is 6.26. The van der Waals surface area contributed by atoms with Gasteiger partial charge in [-0.05, 0) is 18.3 Å². The molecule has 0 atom stereocenters. The Kier molecular flexibility index (Phi) is 2.70. The molecule has 4 heteroatoms. The number of hydrogen-bond donors (Lipinski definition) is 0. The highest BCUT2D eigenvalue weighted by Crippen LogP contribution is 2.50. The SMILES string of the molecule is Cn1ccnc1SCC1(CBr)CC1. The highest BCUT2D eigenvalue weighted by atomic mass is 79.9. The first-order valence-electron chi connectivity index (χ1n) is 4.42. The van der Waals surface area contributed by atoms with Crippen LogP contribution in [0.25, 0.3) is 0 Å². The number of rotatable bonds is 4. The molecule has 0 bridgehead atoms. The fourth-order valence-corrected chi connectivity index (χ4v) is 3.45. The van der Waals surface area contributed by atoms with Crippen molar-refractivity contribution in [2.75, 3.05) is 11.1 Å². The topological polar surface area (TPSA) is 17.8 Å². The summed E-state index contributed by atoms with van der Waals surface area (Å²) >= 11 is 5.45. The smallest absolute Gasteiger partial charge is 0.167 e. The third-order valence-electron chi connectivity index (χ3n) is 2.53. The molecule has 0 aromatic carbocycles. The van der Waals surface area contributed by atoms with E-state index in [4.69, 9.17) is 0 Å². The average Bonchev–Trinajstić information content (AvgIpc) is 2.82. The number of halogens is 1. The quantitative estimate of drug-likeness (QED) is 0.612. The lowest BCUT2D eigenvalue weighted by atomic mass is 10.2. The predicted octanol–water partition coefficient (Wildman–Crippen LogP) is 2.69. The first kappa shape index (κ1) is 9.59. The van der Waals surface area contributed by atoms with Gasteiger partial charge in [0.25, 0.3) is 0 Å². The summed E-state index contributed by atoms with van der Waals surface area (Å²) in [6.45, 7) is 0. The molecule has 0 amide bonds. The van der Waals surface area contributed by atoms with Crippen molar-refractivity contribution in [1.82, 2.24) is 9.55 Å². The van der Waals surface area contributed by atoms with Crippen molar-refractivity contribution >= 4 is 27.7 Å². The zero-order valence-corrected chi connectivity index (χ0v) is 10.1. The molecule has 0 radical (unpaired) electrons. The molecule has 1 aliphatic rings. The van der Waals surface area contributed by atoms with Crippen LogP contribution in [-0.2, 0) is 7.05 Å². The molecule has 1 saturated carbocycles. The third kappa shape index (κ3) is 2.10. The standard InChI is InChI=1S/C9H13BrN2S/c1-12-5-4-11-8(12)13-7-9(6-10)2-3-9/h4-5H,2-3,6-7H2,1H3. The molecule has 1 heterocycles. The lowest BCUT2D eigenvalue weighted by Crippen LogP contribution is -2.06. The van der Waals surface area contributed by atoms with Crippen molar-refractivity contribution in [3.63, 3.8) is 0 Å². The van der Waals surface area contributed by atoms with Gasteiger partial charge in [0.2, 0.25) is 0 Å². The Morgan fingerprint density at radius 2 is 2.46 bits per heavy atom. The zero-order chi connectivity index (χ0) is 9.31. The van der Waals surface area contributed by atoms with Gasteiger partial charge in [0, 0.05) is 30.5 Å². The van der Waals surface area contributed by atoms with E-state index in [0.29, 0.717) is 5.41 Å². The van der Waals surface area contributed by atoms with E-state index in [1.165, 1.54) is 18.6 Å². The maximum atomic E-state index is 4.29. The lowest BCUT2D eigenvalue weighted by molar-refractivity contribution is 0.681. The Hall–Kier alpha value is 0.0400. The van der Waals surface area contributed by atoms with Gasteiger partial charge in [-0.25, -0.2) is 4.98 Å². The maximum Gasteiger partial charge on any atom is 0.167 e. The van der Waals surface area contributed by atoms with Crippen molar-refractivity contribution in [3.05, 3.63) is 12.4 Å². The van der Waals surface area contributed by atoms with Gasteiger partial charge in [0.15, 0.2) is 5.16 Å². The van der Waals surface area contributed by atoms with Crippen molar-refractivity contribution < 1.29 is 0 Å². The molecular weight excluding hydrogens is 248 g/mol. The summed E-state index contributed by atoms with van der Waals surface area (Å²) in [5.74, 6) is 1.20. The minimum absolute atomic E-state index is 0.580. The Bertz CT molecular complexity index is 294. The van der Waals surface area contributed by atoms with Crippen molar-refractivity contribution in [3.8, 4) is 0 Å². The van der Waals surface area contributed by atoms with Crippen molar-refractivity contribution in [2.45, 2.75) is 18.0 Å². The molecule has 2 nitrogen and oxygen atoms in total. The van der Waals surface area contributed by atoms with Gasteiger partial charge in [-0.1, -0.05) is 27.7 Å². The van der Waals surface area contributed by atoms with E-state index in [0.717, 1.165) is 10.5 Å². The van der Waals surface area contributed by atoms with Crippen LogP contribution in [0.5, 0.6) is 0 Å². The van der Waals surface area contributed by atoms with Gasteiger partial charge in [0.1, 0.15) is 0 Å². The third-order valence-corrected chi connectivity index (χ3v) is 5.12. The van der Waals surface area contributed by atoms with Crippen LogP contribution in [0.15, 0.2) is 17.6 Å². The van der Waals surface area contributed by atoms with Gasteiger partial charge < -0.3 is 4.57 Å². The highest BCUT2D eigenvalue weighted by Gasteiger charge is 2.41. The fourth-order valence-electron chi connectivity index (χ4n) is 1.20. The van der Waals surface area contributed by atoms with E-state index < -0.39 is 0 Å². The second-order valence-electron chi connectivity index (χ2n) is 3.74. The van der Waals surface area contributed by atoms with Crippen LogP contribution in [0, 0.1) is 5.41 Å². The van der Waals surface area contributed by atoms with Crippen LogP contribution in [0.2, 0.25) is 0 Å². The maximum absolute atomic E-state index is 4.29.